The summed E-state index contributed by atoms with van der Waals surface area (Å²) in [6.07, 6.45) is 0. The number of furan rings is 1. The molecule has 10 aromatic rings. The van der Waals surface area contributed by atoms with Crippen molar-refractivity contribution in [3.8, 4) is 11.1 Å². The van der Waals surface area contributed by atoms with E-state index in [-0.39, 0.29) is 0 Å². The summed E-state index contributed by atoms with van der Waals surface area (Å²) < 4.78 is 9.09. The van der Waals surface area contributed by atoms with Crippen molar-refractivity contribution in [2.45, 2.75) is 0 Å². The number of hydrogen-bond donors (Lipinski definition) is 0. The van der Waals surface area contributed by atoms with Crippen molar-refractivity contribution in [3.63, 3.8) is 0 Å². The van der Waals surface area contributed by atoms with E-state index in [0.29, 0.717) is 0 Å². The molecule has 0 aliphatic rings. The molecule has 0 radical (unpaired) electrons. The average molecular weight is 618 g/mol. The first-order valence-corrected chi connectivity index (χ1v) is 16.7. The van der Waals surface area contributed by atoms with Gasteiger partial charge >= 0.3 is 0 Å². The molecular formula is C44H27NOS. The minimum absolute atomic E-state index is 0.885. The van der Waals surface area contributed by atoms with E-state index in [9.17, 15) is 0 Å². The Morgan fingerprint density at radius 3 is 2.04 bits per heavy atom. The average Bonchev–Trinajstić information content (AvgIpc) is 3.70. The fraction of sp³-hybridized carbons (Fsp3) is 0. The van der Waals surface area contributed by atoms with Crippen molar-refractivity contribution in [2.24, 2.45) is 0 Å². The molecule has 47 heavy (non-hydrogen) atoms. The Hall–Kier alpha value is -5.90. The number of anilines is 3. The maximum Gasteiger partial charge on any atom is 0.136 e. The minimum Gasteiger partial charge on any atom is -0.456 e. The highest BCUT2D eigenvalue weighted by molar-refractivity contribution is 7.25. The molecule has 220 valence electrons. The fourth-order valence-electron chi connectivity index (χ4n) is 7.25. The van der Waals surface area contributed by atoms with Crippen molar-refractivity contribution < 1.29 is 4.42 Å². The summed E-state index contributed by atoms with van der Waals surface area (Å²) in [5.74, 6) is 0. The zero-order chi connectivity index (χ0) is 30.9. The first kappa shape index (κ1) is 26.3. The number of para-hydroxylation sites is 1. The van der Waals surface area contributed by atoms with Gasteiger partial charge in [-0.3, -0.25) is 0 Å². The molecule has 0 saturated carbocycles. The van der Waals surface area contributed by atoms with Gasteiger partial charge in [0.25, 0.3) is 0 Å². The molecule has 2 aromatic heterocycles. The predicted octanol–water partition coefficient (Wildman–Crippen LogP) is 13.4. The standard InChI is InChI=1S/C44H27NOS/c1-2-10-31(11-3-1)45(33-21-24-43-38(26-33)37-13-6-7-16-42(37)47-43)32-20-23-40-39(27-32)44-36(14-8-15-41(44)46-40)30-19-22-35-29(25-30)18-17-28-9-4-5-12-34(28)35/h1-27H. The summed E-state index contributed by atoms with van der Waals surface area (Å²) in [6.45, 7) is 0. The van der Waals surface area contributed by atoms with Crippen LogP contribution in [0, 0.1) is 0 Å². The second-order valence-corrected chi connectivity index (χ2v) is 13.2. The first-order valence-electron chi connectivity index (χ1n) is 15.9. The van der Waals surface area contributed by atoms with Gasteiger partial charge in [-0.15, -0.1) is 11.3 Å². The SMILES string of the molecule is c1ccc(N(c2ccc3sc4ccccc4c3c2)c2ccc3oc4cccc(-c5ccc6c(ccc7ccccc76)c5)c4c3c2)cc1. The quantitative estimate of drug-likeness (QED) is 0.183. The topological polar surface area (TPSA) is 16.4 Å². The molecule has 0 aliphatic heterocycles. The molecule has 2 nitrogen and oxygen atoms in total. The number of nitrogens with zero attached hydrogens (tertiary/aromatic N) is 1. The second kappa shape index (κ2) is 10.3. The van der Waals surface area contributed by atoms with Crippen molar-refractivity contribution in [3.05, 3.63) is 164 Å². The monoisotopic (exact) mass is 617 g/mol. The molecule has 8 aromatic carbocycles. The summed E-state index contributed by atoms with van der Waals surface area (Å²) in [6, 6.07) is 59.0. The molecule has 0 atom stereocenters. The van der Waals surface area contributed by atoms with Crippen molar-refractivity contribution in [1.82, 2.24) is 0 Å². The Labute approximate surface area is 275 Å². The molecule has 2 heterocycles. The fourth-order valence-corrected chi connectivity index (χ4v) is 8.34. The molecule has 0 saturated heterocycles. The van der Waals surface area contributed by atoms with Crippen molar-refractivity contribution in [1.29, 1.82) is 0 Å². The molecule has 0 unspecified atom stereocenters. The van der Waals surface area contributed by atoms with Crippen LogP contribution >= 0.6 is 11.3 Å². The Balaban J connectivity index is 1.17. The lowest BCUT2D eigenvalue weighted by molar-refractivity contribution is 0.669. The highest BCUT2D eigenvalue weighted by Crippen LogP contribution is 2.44. The van der Waals surface area contributed by atoms with Gasteiger partial charge in [0.15, 0.2) is 0 Å². The van der Waals surface area contributed by atoms with Gasteiger partial charge in [0.2, 0.25) is 0 Å². The van der Waals surface area contributed by atoms with Gasteiger partial charge in [-0.1, -0.05) is 97.1 Å². The van der Waals surface area contributed by atoms with Gasteiger partial charge < -0.3 is 9.32 Å². The number of thiophene rings is 1. The highest BCUT2D eigenvalue weighted by Gasteiger charge is 2.18. The Morgan fingerprint density at radius 2 is 1.13 bits per heavy atom. The molecule has 3 heteroatoms. The largest absolute Gasteiger partial charge is 0.456 e. The Bertz CT molecular complexity index is 2810. The van der Waals surface area contributed by atoms with E-state index in [1.54, 1.807) is 0 Å². The van der Waals surface area contributed by atoms with E-state index < -0.39 is 0 Å². The number of hydrogen-bond acceptors (Lipinski definition) is 3. The van der Waals surface area contributed by atoms with Crippen LogP contribution in [0.15, 0.2) is 168 Å². The van der Waals surface area contributed by atoms with Crippen LogP contribution in [0.5, 0.6) is 0 Å². The Kier molecular flexibility index (Phi) is 5.78. The lowest BCUT2D eigenvalue weighted by atomic mass is 9.95. The van der Waals surface area contributed by atoms with Gasteiger partial charge in [0.05, 0.1) is 0 Å². The van der Waals surface area contributed by atoms with Crippen LogP contribution < -0.4 is 4.90 Å². The summed E-state index contributed by atoms with van der Waals surface area (Å²) in [4.78, 5) is 2.36. The Morgan fingerprint density at radius 1 is 0.404 bits per heavy atom. The minimum atomic E-state index is 0.885. The molecule has 10 rings (SSSR count). The van der Waals surface area contributed by atoms with Crippen molar-refractivity contribution >= 4 is 92.1 Å². The van der Waals surface area contributed by atoms with Gasteiger partial charge in [-0.25, -0.2) is 0 Å². The number of benzene rings is 8. The van der Waals surface area contributed by atoms with E-state index in [1.165, 1.54) is 52.8 Å². The van der Waals surface area contributed by atoms with E-state index >= 15 is 0 Å². The van der Waals surface area contributed by atoms with E-state index in [1.807, 2.05) is 11.3 Å². The molecule has 0 aliphatic carbocycles. The molecule has 0 amide bonds. The normalized spacial score (nSPS) is 11.8. The lowest BCUT2D eigenvalue weighted by Gasteiger charge is -2.25. The van der Waals surface area contributed by atoms with Crippen LogP contribution in [0.25, 0.3) is 74.8 Å². The lowest BCUT2D eigenvalue weighted by Crippen LogP contribution is -2.09. The molecule has 0 bridgehead atoms. The van der Waals surface area contributed by atoms with E-state index in [2.05, 4.69) is 169 Å². The van der Waals surface area contributed by atoms with E-state index in [0.717, 1.165) is 39.0 Å². The molecule has 0 spiro atoms. The highest BCUT2D eigenvalue weighted by atomic mass is 32.1. The predicted molar refractivity (Wildman–Crippen MR) is 202 cm³/mol. The third-order valence-corrected chi connectivity index (χ3v) is 10.6. The number of fused-ring (bicyclic) bond motifs is 9. The van der Waals surface area contributed by atoms with Crippen LogP contribution in [0.2, 0.25) is 0 Å². The van der Waals surface area contributed by atoms with E-state index in [4.69, 9.17) is 4.42 Å². The summed E-state index contributed by atoms with van der Waals surface area (Å²) in [5, 5.41) is 9.87. The van der Waals surface area contributed by atoms with Crippen LogP contribution in [-0.4, -0.2) is 0 Å². The maximum absolute atomic E-state index is 6.48. The smallest absolute Gasteiger partial charge is 0.136 e. The molecular weight excluding hydrogens is 591 g/mol. The van der Waals surface area contributed by atoms with Crippen LogP contribution in [0.4, 0.5) is 17.1 Å². The summed E-state index contributed by atoms with van der Waals surface area (Å²) in [7, 11) is 0. The van der Waals surface area contributed by atoms with Crippen molar-refractivity contribution in [2.75, 3.05) is 4.90 Å². The van der Waals surface area contributed by atoms with Crippen LogP contribution in [-0.2, 0) is 0 Å². The van der Waals surface area contributed by atoms with Gasteiger partial charge in [0.1, 0.15) is 11.2 Å². The summed E-state index contributed by atoms with van der Waals surface area (Å²) >= 11 is 1.85. The first-order chi connectivity index (χ1) is 23.3. The third kappa shape index (κ3) is 4.17. The molecule has 0 N–H and O–H groups in total. The van der Waals surface area contributed by atoms with Gasteiger partial charge in [0, 0.05) is 48.0 Å². The van der Waals surface area contributed by atoms with Gasteiger partial charge in [-0.05, 0) is 99.4 Å². The number of rotatable bonds is 4. The third-order valence-electron chi connectivity index (χ3n) is 9.43. The second-order valence-electron chi connectivity index (χ2n) is 12.1. The zero-order valence-corrected chi connectivity index (χ0v) is 26.2. The maximum atomic E-state index is 6.48. The summed E-state index contributed by atoms with van der Waals surface area (Å²) in [5.41, 5.74) is 7.46. The molecule has 0 fully saturated rings. The van der Waals surface area contributed by atoms with Crippen LogP contribution in [0.1, 0.15) is 0 Å². The van der Waals surface area contributed by atoms with Crippen LogP contribution in [0.3, 0.4) is 0 Å². The van der Waals surface area contributed by atoms with Gasteiger partial charge in [-0.2, -0.15) is 0 Å². The zero-order valence-electron chi connectivity index (χ0n) is 25.4.